The van der Waals surface area contributed by atoms with E-state index in [0.29, 0.717) is 38.4 Å². The first-order valence-electron chi connectivity index (χ1n) is 5.60. The highest BCUT2D eigenvalue weighted by molar-refractivity contribution is 5.81. The lowest BCUT2D eigenvalue weighted by atomic mass is 9.79. The molecule has 0 radical (unpaired) electrons. The minimum Gasteiger partial charge on any atom is -0.381 e. The zero-order valence-electron chi connectivity index (χ0n) is 9.56. The van der Waals surface area contributed by atoms with Gasteiger partial charge in [0.1, 0.15) is 5.82 Å². The number of hydrogen-bond donors (Lipinski definition) is 2. The molecule has 92 valence electrons. The number of carbonyl (C=O) groups excluding carboxylic acids is 1. The van der Waals surface area contributed by atoms with Crippen molar-refractivity contribution in [2.24, 2.45) is 11.1 Å². The van der Waals surface area contributed by atoms with E-state index in [-0.39, 0.29) is 5.91 Å². The molecule has 1 fully saturated rings. The second kappa shape index (κ2) is 5.09. The average molecular weight is 236 g/mol. The third-order valence-corrected chi connectivity index (χ3v) is 3.14. The maximum absolute atomic E-state index is 11.6. The first-order valence-corrected chi connectivity index (χ1v) is 5.60. The van der Waals surface area contributed by atoms with E-state index >= 15 is 0 Å². The van der Waals surface area contributed by atoms with Crippen LogP contribution in [0.3, 0.4) is 0 Å². The Balaban J connectivity index is 2.01. The fourth-order valence-corrected chi connectivity index (χ4v) is 1.92. The summed E-state index contributed by atoms with van der Waals surface area (Å²) in [7, 11) is 0. The van der Waals surface area contributed by atoms with E-state index in [9.17, 15) is 4.79 Å². The first-order chi connectivity index (χ1) is 8.23. The zero-order valence-corrected chi connectivity index (χ0v) is 9.56. The Morgan fingerprint density at radius 3 is 2.82 bits per heavy atom. The third-order valence-electron chi connectivity index (χ3n) is 3.14. The topological polar surface area (TPSA) is 90.1 Å². The Labute approximate surface area is 99.6 Å². The summed E-state index contributed by atoms with van der Waals surface area (Å²) in [6, 6.07) is 0. The Hall–Kier alpha value is -1.69. The number of rotatable bonds is 4. The van der Waals surface area contributed by atoms with Gasteiger partial charge in [-0.2, -0.15) is 0 Å². The number of nitrogens with two attached hydrogens (primary N) is 1. The number of ether oxygens (including phenoxy) is 1. The van der Waals surface area contributed by atoms with Crippen LogP contribution in [-0.2, 0) is 9.53 Å². The van der Waals surface area contributed by atoms with Crippen LogP contribution in [-0.4, -0.2) is 35.6 Å². The van der Waals surface area contributed by atoms with Gasteiger partial charge in [0.2, 0.25) is 5.91 Å². The van der Waals surface area contributed by atoms with Crippen LogP contribution in [0.4, 0.5) is 5.82 Å². The second-order valence-corrected chi connectivity index (χ2v) is 4.20. The minimum atomic E-state index is -0.532. The molecule has 0 aromatic carbocycles. The van der Waals surface area contributed by atoms with Crippen molar-refractivity contribution in [2.75, 3.05) is 25.1 Å². The van der Waals surface area contributed by atoms with E-state index in [1.807, 2.05) is 0 Å². The molecule has 0 aliphatic carbocycles. The zero-order chi connectivity index (χ0) is 12.1. The molecule has 0 bridgehead atoms. The molecule has 1 aromatic rings. The molecule has 0 saturated carbocycles. The molecule has 2 rings (SSSR count). The molecule has 6 heteroatoms. The van der Waals surface area contributed by atoms with E-state index in [4.69, 9.17) is 10.5 Å². The fraction of sp³-hybridized carbons (Fsp3) is 0.545. The second-order valence-electron chi connectivity index (χ2n) is 4.20. The van der Waals surface area contributed by atoms with E-state index in [0.717, 1.165) is 0 Å². The summed E-state index contributed by atoms with van der Waals surface area (Å²) in [5.74, 6) is 0.372. The maximum atomic E-state index is 11.6. The van der Waals surface area contributed by atoms with Gasteiger partial charge in [0.05, 0.1) is 11.6 Å². The summed E-state index contributed by atoms with van der Waals surface area (Å²) in [6.07, 6.45) is 6.12. The van der Waals surface area contributed by atoms with E-state index in [1.54, 1.807) is 18.6 Å². The Morgan fingerprint density at radius 2 is 2.24 bits per heavy atom. The van der Waals surface area contributed by atoms with Gasteiger partial charge in [0.15, 0.2) is 0 Å². The van der Waals surface area contributed by atoms with Crippen LogP contribution in [0.5, 0.6) is 0 Å². The molecule has 1 aliphatic heterocycles. The fourth-order valence-electron chi connectivity index (χ4n) is 1.92. The molecular weight excluding hydrogens is 220 g/mol. The number of aromatic nitrogens is 2. The predicted molar refractivity (Wildman–Crippen MR) is 62.2 cm³/mol. The van der Waals surface area contributed by atoms with Crippen LogP contribution >= 0.6 is 0 Å². The lowest BCUT2D eigenvalue weighted by molar-refractivity contribution is -0.132. The molecule has 1 amide bonds. The molecule has 6 nitrogen and oxygen atoms in total. The number of nitrogens with zero attached hydrogens (tertiary/aromatic N) is 2. The first kappa shape index (κ1) is 11.8. The van der Waals surface area contributed by atoms with Crippen LogP contribution in [0, 0.1) is 5.41 Å². The van der Waals surface area contributed by atoms with Crippen molar-refractivity contribution >= 4 is 11.7 Å². The normalized spacial score (nSPS) is 18.6. The van der Waals surface area contributed by atoms with Crippen molar-refractivity contribution in [2.45, 2.75) is 12.8 Å². The van der Waals surface area contributed by atoms with E-state index in [2.05, 4.69) is 15.3 Å². The van der Waals surface area contributed by atoms with Crippen molar-refractivity contribution < 1.29 is 9.53 Å². The molecule has 1 saturated heterocycles. The Kier molecular flexibility index (Phi) is 3.53. The van der Waals surface area contributed by atoms with Gasteiger partial charge in [0, 0.05) is 32.2 Å². The van der Waals surface area contributed by atoms with Crippen molar-refractivity contribution in [1.82, 2.24) is 9.97 Å². The number of anilines is 1. The van der Waals surface area contributed by atoms with E-state index in [1.165, 1.54) is 0 Å². The standard InChI is InChI=1S/C11H16N4O2/c12-10(16)11(1-5-17-6-2-11)8-15-9-7-13-3-4-14-9/h3-4,7H,1-2,5-6,8H2,(H2,12,16)(H,14,15). The number of primary amides is 1. The summed E-state index contributed by atoms with van der Waals surface area (Å²) in [5, 5.41) is 3.11. The number of carbonyl (C=O) groups is 1. The summed E-state index contributed by atoms with van der Waals surface area (Å²) < 4.78 is 5.26. The summed E-state index contributed by atoms with van der Waals surface area (Å²) in [5.41, 5.74) is 4.96. The number of amides is 1. The molecule has 0 spiro atoms. The van der Waals surface area contributed by atoms with Gasteiger partial charge in [-0.1, -0.05) is 0 Å². The Morgan fingerprint density at radius 1 is 1.47 bits per heavy atom. The van der Waals surface area contributed by atoms with E-state index < -0.39 is 5.41 Å². The smallest absolute Gasteiger partial charge is 0.225 e. The van der Waals surface area contributed by atoms with Gasteiger partial charge in [-0.25, -0.2) is 4.98 Å². The van der Waals surface area contributed by atoms with Gasteiger partial charge in [-0.3, -0.25) is 9.78 Å². The molecule has 17 heavy (non-hydrogen) atoms. The number of nitrogens with one attached hydrogen (secondary N) is 1. The molecule has 0 atom stereocenters. The minimum absolute atomic E-state index is 0.280. The van der Waals surface area contributed by atoms with Crippen LogP contribution < -0.4 is 11.1 Å². The van der Waals surface area contributed by atoms with Crippen LogP contribution in [0.2, 0.25) is 0 Å². The largest absolute Gasteiger partial charge is 0.381 e. The van der Waals surface area contributed by atoms with Crippen molar-refractivity contribution in [3.8, 4) is 0 Å². The van der Waals surface area contributed by atoms with Crippen molar-refractivity contribution in [1.29, 1.82) is 0 Å². The highest BCUT2D eigenvalue weighted by atomic mass is 16.5. The van der Waals surface area contributed by atoms with Crippen molar-refractivity contribution in [3.63, 3.8) is 0 Å². The third kappa shape index (κ3) is 2.71. The number of hydrogen-bond acceptors (Lipinski definition) is 5. The van der Waals surface area contributed by atoms with Gasteiger partial charge in [0.25, 0.3) is 0 Å². The highest BCUT2D eigenvalue weighted by Gasteiger charge is 2.38. The highest BCUT2D eigenvalue weighted by Crippen LogP contribution is 2.30. The van der Waals surface area contributed by atoms with Gasteiger partial charge in [-0.15, -0.1) is 0 Å². The quantitative estimate of drug-likeness (QED) is 0.777. The summed E-state index contributed by atoms with van der Waals surface area (Å²) in [6.45, 7) is 1.63. The van der Waals surface area contributed by atoms with Gasteiger partial charge >= 0.3 is 0 Å². The average Bonchev–Trinajstić information content (AvgIpc) is 2.38. The van der Waals surface area contributed by atoms with Crippen LogP contribution in [0.25, 0.3) is 0 Å². The van der Waals surface area contributed by atoms with Gasteiger partial charge in [-0.05, 0) is 12.8 Å². The molecule has 2 heterocycles. The van der Waals surface area contributed by atoms with Gasteiger partial charge < -0.3 is 15.8 Å². The molecular formula is C11H16N4O2. The Bertz CT molecular complexity index is 376. The lowest BCUT2D eigenvalue weighted by Gasteiger charge is -2.34. The lowest BCUT2D eigenvalue weighted by Crippen LogP contribution is -2.46. The molecule has 1 aromatic heterocycles. The summed E-state index contributed by atoms with van der Waals surface area (Å²) in [4.78, 5) is 19.6. The monoisotopic (exact) mass is 236 g/mol. The predicted octanol–water partition coefficient (Wildman–Crippen LogP) is 0.171. The molecule has 0 unspecified atom stereocenters. The van der Waals surface area contributed by atoms with Crippen LogP contribution in [0.1, 0.15) is 12.8 Å². The molecule has 3 N–H and O–H groups in total. The van der Waals surface area contributed by atoms with Crippen molar-refractivity contribution in [3.05, 3.63) is 18.6 Å². The SMILES string of the molecule is NC(=O)C1(CNc2cnccn2)CCOCC1. The maximum Gasteiger partial charge on any atom is 0.225 e. The summed E-state index contributed by atoms with van der Waals surface area (Å²) >= 11 is 0. The van der Waals surface area contributed by atoms with Crippen LogP contribution in [0.15, 0.2) is 18.6 Å². The molecule has 1 aliphatic rings.